The summed E-state index contributed by atoms with van der Waals surface area (Å²) >= 11 is 0. The molecule has 1 aliphatic carbocycles. The van der Waals surface area contributed by atoms with Crippen LogP contribution in [0.15, 0.2) is 0 Å². The number of carboxylic acids is 1. The predicted molar refractivity (Wildman–Crippen MR) is 65.9 cm³/mol. The van der Waals surface area contributed by atoms with Crippen molar-refractivity contribution in [3.63, 3.8) is 0 Å². The number of carbonyl (C=O) groups is 2. The number of amides is 2. The maximum atomic E-state index is 11.5. The van der Waals surface area contributed by atoms with Gasteiger partial charge in [-0.05, 0) is 25.2 Å². The van der Waals surface area contributed by atoms with Crippen molar-refractivity contribution in [3.8, 4) is 0 Å². The molecule has 6 heteroatoms. The van der Waals surface area contributed by atoms with Crippen LogP contribution in [-0.4, -0.2) is 29.8 Å². The van der Waals surface area contributed by atoms with Gasteiger partial charge in [0, 0.05) is 6.04 Å². The molecule has 0 aromatic heterocycles. The molecule has 1 rings (SSSR count). The minimum absolute atomic E-state index is 0.138. The molecule has 0 bridgehead atoms. The average molecular weight is 258 g/mol. The van der Waals surface area contributed by atoms with Crippen LogP contribution in [0, 0.1) is 5.92 Å². The number of aliphatic carboxylic acids is 1. The van der Waals surface area contributed by atoms with Crippen LogP contribution in [0.25, 0.3) is 0 Å². The molecule has 1 saturated carbocycles. The fraction of sp³-hybridized carbons (Fsp3) is 0.833. The molecular weight excluding hydrogens is 236 g/mol. The summed E-state index contributed by atoms with van der Waals surface area (Å²) < 4.78 is 0. The summed E-state index contributed by atoms with van der Waals surface area (Å²) in [5.74, 6) is -0.594. The molecule has 104 valence electrons. The monoisotopic (exact) mass is 258 g/mol. The number of carboxylic acid groups (broad SMARTS) is 1. The Kier molecular flexibility index (Phi) is 6.49. The first-order chi connectivity index (χ1) is 8.63. The Bertz CT molecular complexity index is 277. The summed E-state index contributed by atoms with van der Waals surface area (Å²) in [6.45, 7) is 1.51. The van der Waals surface area contributed by atoms with Crippen LogP contribution >= 0.6 is 0 Å². The van der Waals surface area contributed by atoms with Crippen LogP contribution in [0.3, 0.4) is 0 Å². The molecule has 0 saturated heterocycles. The van der Waals surface area contributed by atoms with E-state index in [1.807, 2.05) is 6.92 Å². The molecular formula is C12H22N2O4. The number of hydrogen-bond donors (Lipinski definition) is 3. The highest BCUT2D eigenvalue weighted by Gasteiger charge is 2.23. The molecule has 3 N–H and O–H groups in total. The van der Waals surface area contributed by atoms with Crippen LogP contribution in [0.4, 0.5) is 4.79 Å². The van der Waals surface area contributed by atoms with Gasteiger partial charge in [-0.1, -0.05) is 26.2 Å². The number of hydroxylamine groups is 1. The summed E-state index contributed by atoms with van der Waals surface area (Å²) in [5, 5.41) is 11.2. The van der Waals surface area contributed by atoms with E-state index in [1.165, 1.54) is 19.3 Å². The number of carbonyl (C=O) groups excluding carboxylic acids is 1. The van der Waals surface area contributed by atoms with Gasteiger partial charge in [-0.2, -0.15) is 0 Å². The number of rotatable bonds is 6. The SMILES string of the molecule is CCC(NC(=O)NOCC(=O)O)C1CCCCC1. The molecule has 0 spiro atoms. The molecule has 0 radical (unpaired) electrons. The fourth-order valence-electron chi connectivity index (χ4n) is 2.45. The molecule has 0 aromatic rings. The van der Waals surface area contributed by atoms with Gasteiger partial charge in [-0.3, -0.25) is 4.84 Å². The van der Waals surface area contributed by atoms with Crippen molar-refractivity contribution in [2.75, 3.05) is 6.61 Å². The second kappa shape index (κ2) is 7.92. The van der Waals surface area contributed by atoms with Gasteiger partial charge in [0.15, 0.2) is 6.61 Å². The van der Waals surface area contributed by atoms with Gasteiger partial charge in [0.25, 0.3) is 0 Å². The lowest BCUT2D eigenvalue weighted by Crippen LogP contribution is -2.46. The first kappa shape index (κ1) is 14.8. The smallest absolute Gasteiger partial charge is 0.338 e. The van der Waals surface area contributed by atoms with Gasteiger partial charge in [0.2, 0.25) is 0 Å². The van der Waals surface area contributed by atoms with Crippen molar-refractivity contribution < 1.29 is 19.5 Å². The van der Waals surface area contributed by atoms with E-state index in [1.54, 1.807) is 0 Å². The minimum Gasteiger partial charge on any atom is -0.479 e. The summed E-state index contributed by atoms with van der Waals surface area (Å²) in [6.07, 6.45) is 6.89. The van der Waals surface area contributed by atoms with Crippen molar-refractivity contribution in [2.24, 2.45) is 5.92 Å². The molecule has 6 nitrogen and oxygen atoms in total. The van der Waals surface area contributed by atoms with Crippen LogP contribution < -0.4 is 10.8 Å². The lowest BCUT2D eigenvalue weighted by molar-refractivity contribution is -0.144. The van der Waals surface area contributed by atoms with E-state index in [2.05, 4.69) is 15.6 Å². The molecule has 18 heavy (non-hydrogen) atoms. The zero-order chi connectivity index (χ0) is 13.4. The fourth-order valence-corrected chi connectivity index (χ4v) is 2.45. The second-order valence-electron chi connectivity index (χ2n) is 4.67. The molecule has 1 aliphatic rings. The standard InChI is InChI=1S/C12H22N2O4/c1-2-10(9-6-4-3-5-7-9)13-12(17)14-18-8-11(15)16/h9-10H,2-8H2,1H3,(H,15,16)(H2,13,14,17). The van der Waals surface area contributed by atoms with E-state index in [0.717, 1.165) is 19.3 Å². The molecule has 0 heterocycles. The highest BCUT2D eigenvalue weighted by Crippen LogP contribution is 2.27. The Morgan fingerprint density at radius 1 is 1.33 bits per heavy atom. The van der Waals surface area contributed by atoms with Crippen molar-refractivity contribution in [3.05, 3.63) is 0 Å². The van der Waals surface area contributed by atoms with E-state index >= 15 is 0 Å². The molecule has 2 amide bonds. The lowest BCUT2D eigenvalue weighted by Gasteiger charge is -2.30. The number of urea groups is 1. The van der Waals surface area contributed by atoms with E-state index < -0.39 is 18.6 Å². The molecule has 0 aromatic carbocycles. The summed E-state index contributed by atoms with van der Waals surface area (Å²) in [5.41, 5.74) is 2.09. The molecule has 1 fully saturated rings. The van der Waals surface area contributed by atoms with E-state index in [4.69, 9.17) is 5.11 Å². The van der Waals surface area contributed by atoms with Crippen molar-refractivity contribution in [1.82, 2.24) is 10.8 Å². The van der Waals surface area contributed by atoms with Crippen LogP contribution in [0.5, 0.6) is 0 Å². The number of nitrogens with one attached hydrogen (secondary N) is 2. The minimum atomic E-state index is -1.12. The van der Waals surface area contributed by atoms with E-state index in [0.29, 0.717) is 5.92 Å². The van der Waals surface area contributed by atoms with Crippen molar-refractivity contribution in [1.29, 1.82) is 0 Å². The second-order valence-corrected chi connectivity index (χ2v) is 4.67. The third-order valence-corrected chi connectivity index (χ3v) is 3.34. The zero-order valence-corrected chi connectivity index (χ0v) is 10.8. The van der Waals surface area contributed by atoms with Crippen molar-refractivity contribution in [2.45, 2.75) is 51.5 Å². The average Bonchev–Trinajstić information content (AvgIpc) is 2.36. The van der Waals surface area contributed by atoms with Gasteiger partial charge >= 0.3 is 12.0 Å². The van der Waals surface area contributed by atoms with E-state index in [-0.39, 0.29) is 6.04 Å². The molecule has 0 aliphatic heterocycles. The van der Waals surface area contributed by atoms with Crippen LogP contribution in [-0.2, 0) is 9.63 Å². The summed E-state index contributed by atoms with van der Waals surface area (Å²) in [7, 11) is 0. The normalized spacial score (nSPS) is 18.1. The third kappa shape index (κ3) is 5.35. The maximum Gasteiger partial charge on any atom is 0.338 e. The van der Waals surface area contributed by atoms with Crippen LogP contribution in [0.2, 0.25) is 0 Å². The third-order valence-electron chi connectivity index (χ3n) is 3.34. The predicted octanol–water partition coefficient (Wildman–Crippen LogP) is 1.66. The highest BCUT2D eigenvalue weighted by molar-refractivity contribution is 5.73. The van der Waals surface area contributed by atoms with Gasteiger partial charge in [0.1, 0.15) is 0 Å². The Labute approximate surface area is 107 Å². The zero-order valence-electron chi connectivity index (χ0n) is 10.8. The first-order valence-corrected chi connectivity index (χ1v) is 6.53. The largest absolute Gasteiger partial charge is 0.479 e. The van der Waals surface area contributed by atoms with Crippen LogP contribution in [0.1, 0.15) is 45.4 Å². The maximum absolute atomic E-state index is 11.5. The Morgan fingerprint density at radius 3 is 2.56 bits per heavy atom. The quantitative estimate of drug-likeness (QED) is 0.632. The lowest BCUT2D eigenvalue weighted by atomic mass is 9.83. The Hall–Kier alpha value is -1.30. The van der Waals surface area contributed by atoms with Gasteiger partial charge in [-0.15, -0.1) is 0 Å². The van der Waals surface area contributed by atoms with Gasteiger partial charge < -0.3 is 10.4 Å². The summed E-state index contributed by atoms with van der Waals surface area (Å²) in [6, 6.07) is -0.326. The Morgan fingerprint density at radius 2 is 2.00 bits per heavy atom. The van der Waals surface area contributed by atoms with Gasteiger partial charge in [-0.25, -0.2) is 15.1 Å². The first-order valence-electron chi connectivity index (χ1n) is 6.53. The van der Waals surface area contributed by atoms with Gasteiger partial charge in [0.05, 0.1) is 0 Å². The number of hydrogen-bond acceptors (Lipinski definition) is 3. The Balaban J connectivity index is 2.28. The topological polar surface area (TPSA) is 87.7 Å². The van der Waals surface area contributed by atoms with Crippen molar-refractivity contribution >= 4 is 12.0 Å². The molecule has 1 unspecified atom stereocenters. The summed E-state index contributed by atoms with van der Waals surface area (Å²) in [4.78, 5) is 26.2. The van der Waals surface area contributed by atoms with E-state index in [9.17, 15) is 9.59 Å². The highest BCUT2D eigenvalue weighted by atomic mass is 16.7. The molecule has 1 atom stereocenters.